The van der Waals surface area contributed by atoms with Gasteiger partial charge in [0.15, 0.2) is 12.0 Å². The average molecular weight is 201 g/mol. The van der Waals surface area contributed by atoms with Crippen LogP contribution in [0.15, 0.2) is 11.8 Å². The molecule has 0 saturated carbocycles. The fourth-order valence-corrected chi connectivity index (χ4v) is 0.516. The molecule has 0 aliphatic carbocycles. The number of rotatable bonds is 2. The van der Waals surface area contributed by atoms with E-state index in [1.165, 1.54) is 0 Å². The summed E-state index contributed by atoms with van der Waals surface area (Å²) in [5, 5.41) is 1.72. The standard InChI is InChI=1S/C5H6F3NS2/c1-2(6)3(7)4(8)9-5(10)11/h2H,1H3,(H2,9,10,11)/b4-3-. The Balaban J connectivity index is 4.28. The van der Waals surface area contributed by atoms with Crippen LogP contribution in [0.5, 0.6) is 0 Å². The summed E-state index contributed by atoms with van der Waals surface area (Å²) >= 11 is 7.72. The van der Waals surface area contributed by atoms with Crippen molar-refractivity contribution in [2.24, 2.45) is 0 Å². The molecule has 0 aromatic carbocycles. The third kappa shape index (κ3) is 4.26. The largest absolute Gasteiger partial charge is 0.316 e. The predicted octanol–water partition coefficient (Wildman–Crippen LogP) is 2.26. The number of alkyl halides is 1. The fourth-order valence-electron chi connectivity index (χ4n) is 0.328. The Kier molecular flexibility index (Phi) is 4.51. The highest BCUT2D eigenvalue weighted by atomic mass is 32.1. The SMILES string of the molecule is CC(F)/C(F)=C(\F)NC(=S)S. The van der Waals surface area contributed by atoms with E-state index in [1.54, 1.807) is 5.32 Å². The van der Waals surface area contributed by atoms with Crippen molar-refractivity contribution in [1.82, 2.24) is 5.32 Å². The molecule has 0 spiro atoms. The molecule has 0 bridgehead atoms. The van der Waals surface area contributed by atoms with Crippen molar-refractivity contribution < 1.29 is 13.2 Å². The Labute approximate surface area is 73.1 Å². The van der Waals surface area contributed by atoms with E-state index in [1.807, 2.05) is 0 Å². The second-order valence-corrected chi connectivity index (χ2v) is 2.87. The van der Waals surface area contributed by atoms with E-state index in [-0.39, 0.29) is 4.32 Å². The molecule has 0 fully saturated rings. The summed E-state index contributed by atoms with van der Waals surface area (Å²) in [4.78, 5) is 0. The van der Waals surface area contributed by atoms with E-state index >= 15 is 0 Å². The first-order chi connectivity index (χ1) is 4.95. The van der Waals surface area contributed by atoms with E-state index in [9.17, 15) is 13.2 Å². The van der Waals surface area contributed by atoms with Gasteiger partial charge in [0.1, 0.15) is 4.32 Å². The molecule has 0 rings (SSSR count). The minimum atomic E-state index is -1.98. The lowest BCUT2D eigenvalue weighted by Crippen LogP contribution is -2.15. The first-order valence-electron chi connectivity index (χ1n) is 2.64. The second kappa shape index (κ2) is 4.61. The summed E-state index contributed by atoms with van der Waals surface area (Å²) in [6.07, 6.45) is -1.98. The molecule has 0 saturated heterocycles. The van der Waals surface area contributed by atoms with Gasteiger partial charge in [0, 0.05) is 0 Å². The predicted molar refractivity (Wildman–Crippen MR) is 44.5 cm³/mol. The molecule has 0 aromatic heterocycles. The molecule has 1 unspecified atom stereocenters. The third-order valence-electron chi connectivity index (χ3n) is 0.776. The van der Waals surface area contributed by atoms with Gasteiger partial charge in [-0.1, -0.05) is 12.2 Å². The minimum Gasteiger partial charge on any atom is -0.316 e. The first-order valence-corrected chi connectivity index (χ1v) is 3.50. The smallest absolute Gasteiger partial charge is 0.227 e. The molecular weight excluding hydrogens is 195 g/mol. The van der Waals surface area contributed by atoms with Crippen molar-refractivity contribution in [2.75, 3.05) is 0 Å². The minimum absolute atomic E-state index is 0.252. The zero-order valence-corrected chi connectivity index (χ0v) is 7.28. The Bertz CT molecular complexity index is 190. The Hall–Kier alpha value is -0.230. The van der Waals surface area contributed by atoms with Gasteiger partial charge < -0.3 is 5.32 Å². The van der Waals surface area contributed by atoms with Gasteiger partial charge in [-0.2, -0.15) is 4.39 Å². The zero-order chi connectivity index (χ0) is 9.02. The van der Waals surface area contributed by atoms with Crippen LogP contribution in [0.1, 0.15) is 6.92 Å². The van der Waals surface area contributed by atoms with Gasteiger partial charge >= 0.3 is 0 Å². The summed E-state index contributed by atoms with van der Waals surface area (Å²) in [5.74, 6) is -2.94. The van der Waals surface area contributed by atoms with Crippen LogP contribution in [0.2, 0.25) is 0 Å². The molecule has 1 N–H and O–H groups in total. The monoisotopic (exact) mass is 201 g/mol. The number of halogens is 3. The molecule has 6 heteroatoms. The molecule has 0 aliphatic heterocycles. The van der Waals surface area contributed by atoms with Crippen molar-refractivity contribution in [2.45, 2.75) is 13.1 Å². The van der Waals surface area contributed by atoms with Crippen molar-refractivity contribution >= 4 is 29.2 Å². The van der Waals surface area contributed by atoms with E-state index in [4.69, 9.17) is 0 Å². The highest BCUT2D eigenvalue weighted by Gasteiger charge is 2.13. The van der Waals surface area contributed by atoms with Gasteiger partial charge in [-0.05, 0) is 6.92 Å². The summed E-state index contributed by atoms with van der Waals surface area (Å²) in [5.41, 5.74) is 0. The lowest BCUT2D eigenvalue weighted by atomic mass is 10.4. The van der Waals surface area contributed by atoms with E-state index in [2.05, 4.69) is 24.8 Å². The Morgan fingerprint density at radius 3 is 2.27 bits per heavy atom. The number of thiol groups is 1. The highest BCUT2D eigenvalue weighted by molar-refractivity contribution is 8.11. The Morgan fingerprint density at radius 1 is 1.55 bits per heavy atom. The quantitative estimate of drug-likeness (QED) is 0.404. The Morgan fingerprint density at radius 2 is 2.00 bits per heavy atom. The number of allylic oxidation sites excluding steroid dienone is 1. The van der Waals surface area contributed by atoms with E-state index in [0.717, 1.165) is 6.92 Å². The van der Waals surface area contributed by atoms with Gasteiger partial charge in [-0.25, -0.2) is 8.78 Å². The van der Waals surface area contributed by atoms with Crippen LogP contribution in [-0.4, -0.2) is 10.5 Å². The van der Waals surface area contributed by atoms with Crippen LogP contribution < -0.4 is 5.32 Å². The maximum atomic E-state index is 12.3. The van der Waals surface area contributed by atoms with Crippen LogP contribution in [-0.2, 0) is 0 Å². The van der Waals surface area contributed by atoms with Crippen molar-refractivity contribution in [3.8, 4) is 0 Å². The van der Waals surface area contributed by atoms with Crippen LogP contribution in [0.4, 0.5) is 13.2 Å². The molecule has 0 aliphatic rings. The third-order valence-corrected chi connectivity index (χ3v) is 0.989. The number of nitrogens with one attached hydrogen (secondary N) is 1. The molecule has 0 radical (unpaired) electrons. The topological polar surface area (TPSA) is 12.0 Å². The molecule has 0 aromatic rings. The second-order valence-electron chi connectivity index (χ2n) is 1.71. The maximum Gasteiger partial charge on any atom is 0.227 e. The molecule has 0 heterocycles. The van der Waals surface area contributed by atoms with E-state index in [0.29, 0.717) is 0 Å². The van der Waals surface area contributed by atoms with Gasteiger partial charge in [-0.3, -0.25) is 0 Å². The van der Waals surface area contributed by atoms with Crippen LogP contribution >= 0.6 is 24.8 Å². The maximum absolute atomic E-state index is 12.3. The molecule has 1 nitrogen and oxygen atoms in total. The van der Waals surface area contributed by atoms with Crippen LogP contribution in [0, 0.1) is 0 Å². The van der Waals surface area contributed by atoms with Crippen molar-refractivity contribution in [3.63, 3.8) is 0 Å². The lowest BCUT2D eigenvalue weighted by molar-refractivity contribution is 0.329. The fraction of sp³-hybridized carbons (Fsp3) is 0.400. The van der Waals surface area contributed by atoms with E-state index < -0.39 is 17.9 Å². The molecule has 64 valence electrons. The van der Waals surface area contributed by atoms with Gasteiger partial charge in [-0.15, -0.1) is 12.6 Å². The molecular formula is C5H6F3NS2. The summed E-state index contributed by atoms with van der Waals surface area (Å²) in [6.45, 7) is 0.873. The molecule has 1 atom stereocenters. The molecule has 11 heavy (non-hydrogen) atoms. The van der Waals surface area contributed by atoms with Crippen LogP contribution in [0.25, 0.3) is 0 Å². The summed E-state index contributed by atoms with van der Waals surface area (Å²) < 4.78 is 36.3. The summed E-state index contributed by atoms with van der Waals surface area (Å²) in [7, 11) is 0. The van der Waals surface area contributed by atoms with Crippen molar-refractivity contribution in [1.29, 1.82) is 0 Å². The number of hydrogen-bond acceptors (Lipinski definition) is 1. The first kappa shape index (κ1) is 10.8. The number of thiocarbonyl (C=S) groups is 1. The highest BCUT2D eigenvalue weighted by Crippen LogP contribution is 2.12. The molecule has 0 amide bonds. The number of hydrogen-bond donors (Lipinski definition) is 2. The van der Waals surface area contributed by atoms with Gasteiger partial charge in [0.2, 0.25) is 5.95 Å². The van der Waals surface area contributed by atoms with Crippen molar-refractivity contribution in [3.05, 3.63) is 11.8 Å². The zero-order valence-electron chi connectivity index (χ0n) is 5.57. The van der Waals surface area contributed by atoms with Crippen LogP contribution in [0.3, 0.4) is 0 Å². The summed E-state index contributed by atoms with van der Waals surface area (Å²) in [6, 6.07) is 0. The lowest BCUT2D eigenvalue weighted by Gasteiger charge is -2.02. The normalized spacial score (nSPS) is 15.4. The van der Waals surface area contributed by atoms with Gasteiger partial charge in [0.25, 0.3) is 0 Å². The average Bonchev–Trinajstić information content (AvgIpc) is 1.84. The van der Waals surface area contributed by atoms with Gasteiger partial charge in [0.05, 0.1) is 0 Å².